The van der Waals surface area contributed by atoms with Crippen LogP contribution in [-0.2, 0) is 0 Å². The zero-order valence-corrected chi connectivity index (χ0v) is 18.2. The van der Waals surface area contributed by atoms with Crippen LogP contribution in [0.3, 0.4) is 0 Å². The Labute approximate surface area is 183 Å². The van der Waals surface area contributed by atoms with Crippen molar-refractivity contribution in [2.75, 3.05) is 13.2 Å². The summed E-state index contributed by atoms with van der Waals surface area (Å²) in [6, 6.07) is 15.5. The summed E-state index contributed by atoms with van der Waals surface area (Å²) in [5, 5.41) is 28.3. The first-order valence-electron chi connectivity index (χ1n) is 10.6. The first-order valence-corrected chi connectivity index (χ1v) is 10.6. The van der Waals surface area contributed by atoms with E-state index in [4.69, 9.17) is 9.84 Å². The molecule has 0 heterocycles. The van der Waals surface area contributed by atoms with E-state index >= 15 is 0 Å². The first-order chi connectivity index (χ1) is 14.7. The lowest BCUT2D eigenvalue weighted by atomic mass is 9.79. The number of hydrogen-bond donors (Lipinski definition) is 3. The zero-order chi connectivity index (χ0) is 22.9. The standard InChI is InChI=1S/C13H16O2.C12H16O4/c14-12(11-7-3-1-4-8-11)13(15)9-5-2-6-10-13;1-12(2,15)11(14)9-3-5-10(6-4-9)16-8-7-13/h1,3-4,7-8,15H,2,5-6,9-10H2;3-6,13,15H,7-8H2,1-2H3. The van der Waals surface area contributed by atoms with E-state index in [2.05, 4.69) is 0 Å². The molecule has 0 atom stereocenters. The predicted octanol–water partition coefficient (Wildman–Crippen LogP) is 3.58. The number of hydrogen-bond acceptors (Lipinski definition) is 6. The molecule has 2 aromatic carbocycles. The molecule has 3 N–H and O–H groups in total. The highest BCUT2D eigenvalue weighted by Crippen LogP contribution is 2.31. The number of aliphatic hydroxyl groups is 3. The maximum Gasteiger partial charge on any atom is 0.194 e. The van der Waals surface area contributed by atoms with E-state index in [-0.39, 0.29) is 24.8 Å². The van der Waals surface area contributed by atoms with Gasteiger partial charge in [0, 0.05) is 11.1 Å². The summed E-state index contributed by atoms with van der Waals surface area (Å²) in [7, 11) is 0. The monoisotopic (exact) mass is 428 g/mol. The summed E-state index contributed by atoms with van der Waals surface area (Å²) < 4.78 is 5.15. The molecule has 0 radical (unpaired) electrons. The number of Topliss-reactive ketones (excluding diaryl/α,β-unsaturated/α-hetero) is 2. The molecule has 31 heavy (non-hydrogen) atoms. The predicted molar refractivity (Wildman–Crippen MR) is 118 cm³/mol. The summed E-state index contributed by atoms with van der Waals surface area (Å²) in [6.07, 6.45) is 4.26. The Kier molecular flexibility index (Phi) is 8.92. The average Bonchev–Trinajstić information content (AvgIpc) is 2.78. The van der Waals surface area contributed by atoms with Gasteiger partial charge in [-0.1, -0.05) is 49.6 Å². The Balaban J connectivity index is 0.000000220. The molecular weight excluding hydrogens is 396 g/mol. The van der Waals surface area contributed by atoms with Gasteiger partial charge in [-0.25, -0.2) is 0 Å². The van der Waals surface area contributed by atoms with Crippen LogP contribution in [0.2, 0.25) is 0 Å². The maximum absolute atomic E-state index is 12.1. The molecule has 6 heteroatoms. The Morgan fingerprint density at radius 1 is 0.935 bits per heavy atom. The second-order valence-electron chi connectivity index (χ2n) is 8.27. The summed E-state index contributed by atoms with van der Waals surface area (Å²) in [4.78, 5) is 23.7. The van der Waals surface area contributed by atoms with E-state index < -0.39 is 11.2 Å². The lowest BCUT2D eigenvalue weighted by molar-refractivity contribution is 0.0116. The molecule has 0 spiro atoms. The van der Waals surface area contributed by atoms with Gasteiger partial charge in [0.15, 0.2) is 11.6 Å². The van der Waals surface area contributed by atoms with Crippen LogP contribution in [0.4, 0.5) is 0 Å². The minimum atomic E-state index is -1.37. The highest BCUT2D eigenvalue weighted by Gasteiger charge is 2.37. The van der Waals surface area contributed by atoms with E-state index in [1.165, 1.54) is 13.8 Å². The van der Waals surface area contributed by atoms with Crippen molar-refractivity contribution in [2.45, 2.75) is 57.2 Å². The van der Waals surface area contributed by atoms with Gasteiger partial charge in [-0.3, -0.25) is 9.59 Å². The average molecular weight is 429 g/mol. The Hall–Kier alpha value is -2.54. The van der Waals surface area contributed by atoms with E-state index in [0.29, 0.717) is 29.7 Å². The third-order valence-electron chi connectivity index (χ3n) is 5.17. The zero-order valence-electron chi connectivity index (χ0n) is 18.2. The number of ether oxygens (including phenoxy) is 1. The van der Waals surface area contributed by atoms with Crippen LogP contribution in [0, 0.1) is 0 Å². The largest absolute Gasteiger partial charge is 0.491 e. The van der Waals surface area contributed by atoms with Crippen LogP contribution in [0.1, 0.15) is 66.7 Å². The van der Waals surface area contributed by atoms with E-state index in [1.54, 1.807) is 36.4 Å². The lowest BCUT2D eigenvalue weighted by Crippen LogP contribution is -2.40. The van der Waals surface area contributed by atoms with Gasteiger partial charge in [-0.2, -0.15) is 0 Å². The van der Waals surface area contributed by atoms with Gasteiger partial charge in [-0.15, -0.1) is 0 Å². The van der Waals surface area contributed by atoms with Gasteiger partial charge in [0.2, 0.25) is 0 Å². The third kappa shape index (κ3) is 7.28. The molecular formula is C25H32O6. The number of ketones is 2. The van der Waals surface area contributed by atoms with Crippen molar-refractivity contribution in [2.24, 2.45) is 0 Å². The van der Waals surface area contributed by atoms with Crippen LogP contribution >= 0.6 is 0 Å². The number of carbonyl (C=O) groups is 2. The van der Waals surface area contributed by atoms with E-state index in [0.717, 1.165) is 19.3 Å². The highest BCUT2D eigenvalue weighted by atomic mass is 16.5. The molecule has 1 fully saturated rings. The first kappa shape index (κ1) is 24.7. The SMILES string of the molecule is CC(C)(O)C(=O)c1ccc(OCCO)cc1.O=C(c1ccccc1)C1(O)CCCCC1. The molecule has 1 aliphatic carbocycles. The van der Waals surface area contributed by atoms with Crippen molar-refractivity contribution in [3.05, 3.63) is 65.7 Å². The van der Waals surface area contributed by atoms with Crippen LogP contribution < -0.4 is 4.74 Å². The quantitative estimate of drug-likeness (QED) is 0.583. The summed E-state index contributed by atoms with van der Waals surface area (Å²) in [5.41, 5.74) is -1.40. The number of benzene rings is 2. The molecule has 0 unspecified atom stereocenters. The molecule has 1 saturated carbocycles. The Bertz CT molecular complexity index is 831. The van der Waals surface area contributed by atoms with Crippen molar-refractivity contribution in [1.82, 2.24) is 0 Å². The van der Waals surface area contributed by atoms with Crippen molar-refractivity contribution in [3.8, 4) is 5.75 Å². The topological polar surface area (TPSA) is 104 Å². The molecule has 2 aromatic rings. The lowest BCUT2D eigenvalue weighted by Gasteiger charge is -2.30. The number of carbonyl (C=O) groups excluding carboxylic acids is 2. The fourth-order valence-electron chi connectivity index (χ4n) is 3.44. The van der Waals surface area contributed by atoms with Gasteiger partial charge in [0.25, 0.3) is 0 Å². The number of rotatable bonds is 7. The molecule has 168 valence electrons. The fourth-order valence-corrected chi connectivity index (χ4v) is 3.44. The van der Waals surface area contributed by atoms with E-state index in [1.807, 2.05) is 18.2 Å². The summed E-state index contributed by atoms with van der Waals surface area (Å²) >= 11 is 0. The highest BCUT2D eigenvalue weighted by molar-refractivity contribution is 6.02. The molecule has 6 nitrogen and oxygen atoms in total. The number of aliphatic hydroxyl groups excluding tert-OH is 1. The molecule has 0 amide bonds. The van der Waals surface area contributed by atoms with Crippen molar-refractivity contribution in [1.29, 1.82) is 0 Å². The van der Waals surface area contributed by atoms with Gasteiger partial charge in [0.05, 0.1) is 6.61 Å². The smallest absolute Gasteiger partial charge is 0.194 e. The second kappa shape index (κ2) is 11.2. The van der Waals surface area contributed by atoms with Crippen molar-refractivity contribution in [3.63, 3.8) is 0 Å². The normalized spacial score (nSPS) is 15.4. The van der Waals surface area contributed by atoms with Crippen LogP contribution in [0.5, 0.6) is 5.75 Å². The second-order valence-corrected chi connectivity index (χ2v) is 8.27. The molecule has 0 bridgehead atoms. The Morgan fingerprint density at radius 3 is 2.03 bits per heavy atom. The minimum Gasteiger partial charge on any atom is -0.491 e. The van der Waals surface area contributed by atoms with E-state index in [9.17, 15) is 19.8 Å². The minimum absolute atomic E-state index is 0.0512. The molecule has 3 rings (SSSR count). The third-order valence-corrected chi connectivity index (χ3v) is 5.17. The van der Waals surface area contributed by atoms with Gasteiger partial charge < -0.3 is 20.1 Å². The van der Waals surface area contributed by atoms with Crippen molar-refractivity contribution >= 4 is 11.6 Å². The van der Waals surface area contributed by atoms with Crippen LogP contribution in [0.15, 0.2) is 54.6 Å². The molecule has 0 aliphatic heterocycles. The van der Waals surface area contributed by atoms with Crippen LogP contribution in [-0.4, -0.2) is 51.3 Å². The molecule has 0 saturated heterocycles. The maximum atomic E-state index is 12.1. The summed E-state index contributed by atoms with van der Waals surface area (Å²) in [6.45, 7) is 3.07. The van der Waals surface area contributed by atoms with Gasteiger partial charge in [0.1, 0.15) is 23.6 Å². The Morgan fingerprint density at radius 2 is 1.52 bits per heavy atom. The molecule has 0 aromatic heterocycles. The molecule has 1 aliphatic rings. The fraction of sp³-hybridized carbons (Fsp3) is 0.440. The summed E-state index contributed by atoms with van der Waals surface area (Å²) in [5.74, 6) is 0.144. The van der Waals surface area contributed by atoms with Crippen LogP contribution in [0.25, 0.3) is 0 Å². The van der Waals surface area contributed by atoms with Gasteiger partial charge >= 0.3 is 0 Å². The van der Waals surface area contributed by atoms with Crippen molar-refractivity contribution < 1.29 is 29.6 Å². The van der Waals surface area contributed by atoms with Gasteiger partial charge in [-0.05, 0) is 51.0 Å².